The summed E-state index contributed by atoms with van der Waals surface area (Å²) in [6.07, 6.45) is 0. The minimum Gasteiger partial charge on any atom is -0.497 e. The Morgan fingerprint density at radius 3 is 2.57 bits per heavy atom. The summed E-state index contributed by atoms with van der Waals surface area (Å²) in [6.45, 7) is 0. The molecule has 23 heavy (non-hydrogen) atoms. The molecular formula is C17H12BrNO4. The molecule has 1 heterocycles. The fourth-order valence-electron chi connectivity index (χ4n) is 2.13. The van der Waals surface area contributed by atoms with Crippen LogP contribution in [0.15, 0.2) is 62.2 Å². The van der Waals surface area contributed by atoms with Crippen LogP contribution in [0, 0.1) is 0 Å². The van der Waals surface area contributed by atoms with Gasteiger partial charge in [-0.1, -0.05) is 15.9 Å². The number of carbonyl (C=O) groups is 1. The van der Waals surface area contributed by atoms with Crippen LogP contribution in [0.4, 0.5) is 5.69 Å². The van der Waals surface area contributed by atoms with E-state index in [2.05, 4.69) is 21.2 Å². The molecule has 0 saturated carbocycles. The van der Waals surface area contributed by atoms with Crippen LogP contribution in [0.25, 0.3) is 11.0 Å². The van der Waals surface area contributed by atoms with Crippen molar-refractivity contribution in [2.24, 2.45) is 0 Å². The summed E-state index contributed by atoms with van der Waals surface area (Å²) in [7, 11) is 1.56. The molecule has 0 spiro atoms. The number of methoxy groups -OCH3 is 1. The molecule has 5 nitrogen and oxygen atoms in total. The van der Waals surface area contributed by atoms with Crippen molar-refractivity contribution in [3.63, 3.8) is 0 Å². The standard InChI is InChI=1S/C17H12BrNO4/c1-22-13-5-3-12(4-6-13)19-16(20)14-9-10-8-11(18)2-7-15(10)23-17(14)21/h2-9H,1H3,(H,19,20). The van der Waals surface area contributed by atoms with Gasteiger partial charge in [-0.3, -0.25) is 4.79 Å². The molecule has 0 aliphatic rings. The molecule has 0 unspecified atom stereocenters. The third-order valence-electron chi connectivity index (χ3n) is 3.29. The summed E-state index contributed by atoms with van der Waals surface area (Å²) in [5, 5.41) is 3.33. The zero-order chi connectivity index (χ0) is 16.4. The van der Waals surface area contributed by atoms with E-state index >= 15 is 0 Å². The summed E-state index contributed by atoms with van der Waals surface area (Å²) < 4.78 is 11.1. The van der Waals surface area contributed by atoms with Crippen molar-refractivity contribution >= 4 is 38.5 Å². The second kappa shape index (κ2) is 6.26. The molecule has 3 rings (SSSR count). The van der Waals surface area contributed by atoms with E-state index in [4.69, 9.17) is 9.15 Å². The number of hydrogen-bond acceptors (Lipinski definition) is 4. The molecule has 0 radical (unpaired) electrons. The van der Waals surface area contributed by atoms with Gasteiger partial charge in [0.25, 0.3) is 5.91 Å². The third-order valence-corrected chi connectivity index (χ3v) is 3.78. The molecule has 1 N–H and O–H groups in total. The van der Waals surface area contributed by atoms with E-state index in [0.29, 0.717) is 22.4 Å². The first kappa shape index (κ1) is 15.3. The molecule has 1 aromatic heterocycles. The van der Waals surface area contributed by atoms with Gasteiger partial charge < -0.3 is 14.5 Å². The van der Waals surface area contributed by atoms with Gasteiger partial charge in [0.15, 0.2) is 0 Å². The zero-order valence-corrected chi connectivity index (χ0v) is 13.7. The third kappa shape index (κ3) is 3.27. The van der Waals surface area contributed by atoms with Crippen LogP contribution < -0.4 is 15.7 Å². The monoisotopic (exact) mass is 373 g/mol. The number of ether oxygens (including phenoxy) is 1. The van der Waals surface area contributed by atoms with Gasteiger partial charge in [-0.25, -0.2) is 4.79 Å². The molecule has 2 aromatic carbocycles. The summed E-state index contributed by atoms with van der Waals surface area (Å²) in [5.74, 6) is 0.156. The topological polar surface area (TPSA) is 68.5 Å². The molecule has 0 aliphatic heterocycles. The first-order valence-electron chi connectivity index (χ1n) is 6.75. The highest BCUT2D eigenvalue weighted by atomic mass is 79.9. The van der Waals surface area contributed by atoms with Crippen molar-refractivity contribution in [1.82, 2.24) is 0 Å². The molecule has 1 amide bonds. The predicted molar refractivity (Wildman–Crippen MR) is 91.1 cm³/mol. The molecule has 0 bridgehead atoms. The molecule has 0 saturated heterocycles. The largest absolute Gasteiger partial charge is 0.497 e. The quantitative estimate of drug-likeness (QED) is 0.708. The smallest absolute Gasteiger partial charge is 0.349 e. The number of rotatable bonds is 3. The first-order chi connectivity index (χ1) is 11.1. The van der Waals surface area contributed by atoms with E-state index in [1.165, 1.54) is 6.07 Å². The van der Waals surface area contributed by atoms with Crippen LogP contribution in [0.3, 0.4) is 0 Å². The predicted octanol–water partition coefficient (Wildman–Crippen LogP) is 3.82. The fraction of sp³-hybridized carbons (Fsp3) is 0.0588. The van der Waals surface area contributed by atoms with Crippen molar-refractivity contribution in [2.45, 2.75) is 0 Å². The number of amides is 1. The first-order valence-corrected chi connectivity index (χ1v) is 7.55. The van der Waals surface area contributed by atoms with Crippen LogP contribution in [0.2, 0.25) is 0 Å². The number of carbonyl (C=O) groups excluding carboxylic acids is 1. The molecule has 3 aromatic rings. The minimum absolute atomic E-state index is 0.0496. The highest BCUT2D eigenvalue weighted by molar-refractivity contribution is 9.10. The number of benzene rings is 2. The van der Waals surface area contributed by atoms with E-state index in [1.54, 1.807) is 49.6 Å². The molecule has 0 atom stereocenters. The Hall–Kier alpha value is -2.60. The second-order valence-electron chi connectivity index (χ2n) is 4.81. The number of anilines is 1. The number of nitrogens with one attached hydrogen (secondary N) is 1. The lowest BCUT2D eigenvalue weighted by Crippen LogP contribution is -2.20. The maximum atomic E-state index is 12.3. The van der Waals surface area contributed by atoms with Crippen molar-refractivity contribution in [2.75, 3.05) is 12.4 Å². The van der Waals surface area contributed by atoms with Crippen molar-refractivity contribution in [3.05, 3.63) is 69.0 Å². The summed E-state index contributed by atoms with van der Waals surface area (Å²) >= 11 is 3.35. The van der Waals surface area contributed by atoms with E-state index in [0.717, 1.165) is 4.47 Å². The van der Waals surface area contributed by atoms with Gasteiger partial charge in [0.1, 0.15) is 16.9 Å². The van der Waals surface area contributed by atoms with Gasteiger partial charge in [-0.15, -0.1) is 0 Å². The van der Waals surface area contributed by atoms with Crippen LogP contribution in [-0.2, 0) is 0 Å². The highest BCUT2D eigenvalue weighted by Crippen LogP contribution is 2.20. The lowest BCUT2D eigenvalue weighted by atomic mass is 10.1. The normalized spacial score (nSPS) is 10.5. The van der Waals surface area contributed by atoms with Gasteiger partial charge in [0.2, 0.25) is 0 Å². The average molecular weight is 374 g/mol. The maximum absolute atomic E-state index is 12.3. The van der Waals surface area contributed by atoms with Crippen LogP contribution in [-0.4, -0.2) is 13.0 Å². The van der Waals surface area contributed by atoms with Gasteiger partial charge in [-0.2, -0.15) is 0 Å². The Morgan fingerprint density at radius 1 is 1.13 bits per heavy atom. The lowest BCUT2D eigenvalue weighted by Gasteiger charge is -2.06. The molecular weight excluding hydrogens is 362 g/mol. The Bertz CT molecular complexity index is 931. The summed E-state index contributed by atoms with van der Waals surface area (Å²) in [6, 6.07) is 13.6. The summed E-state index contributed by atoms with van der Waals surface area (Å²) in [4.78, 5) is 24.3. The van der Waals surface area contributed by atoms with E-state index in [1.807, 2.05) is 0 Å². The zero-order valence-electron chi connectivity index (χ0n) is 12.1. The minimum atomic E-state index is -0.675. The number of fused-ring (bicyclic) bond motifs is 1. The highest BCUT2D eigenvalue weighted by Gasteiger charge is 2.14. The van der Waals surface area contributed by atoms with Crippen molar-refractivity contribution < 1.29 is 13.9 Å². The van der Waals surface area contributed by atoms with Crippen LogP contribution >= 0.6 is 15.9 Å². The fourth-order valence-corrected chi connectivity index (χ4v) is 2.50. The van der Waals surface area contributed by atoms with Gasteiger partial charge >= 0.3 is 5.63 Å². The van der Waals surface area contributed by atoms with Crippen LogP contribution in [0.5, 0.6) is 5.75 Å². The van der Waals surface area contributed by atoms with Crippen molar-refractivity contribution in [1.29, 1.82) is 0 Å². The second-order valence-corrected chi connectivity index (χ2v) is 5.73. The Kier molecular flexibility index (Phi) is 4.16. The Labute approximate surface area is 140 Å². The van der Waals surface area contributed by atoms with Gasteiger partial charge in [0.05, 0.1) is 7.11 Å². The SMILES string of the molecule is COc1ccc(NC(=O)c2cc3cc(Br)ccc3oc2=O)cc1. The van der Waals surface area contributed by atoms with E-state index in [-0.39, 0.29) is 5.56 Å². The number of hydrogen-bond donors (Lipinski definition) is 1. The Morgan fingerprint density at radius 2 is 1.87 bits per heavy atom. The summed E-state index contributed by atoms with van der Waals surface area (Å²) in [5.41, 5.74) is 0.265. The molecule has 116 valence electrons. The van der Waals surface area contributed by atoms with E-state index in [9.17, 15) is 9.59 Å². The van der Waals surface area contributed by atoms with Gasteiger partial charge in [0, 0.05) is 15.5 Å². The van der Waals surface area contributed by atoms with Gasteiger partial charge in [-0.05, 0) is 48.5 Å². The maximum Gasteiger partial charge on any atom is 0.349 e. The van der Waals surface area contributed by atoms with E-state index < -0.39 is 11.5 Å². The molecule has 6 heteroatoms. The number of halogens is 1. The average Bonchev–Trinajstić information content (AvgIpc) is 2.55. The van der Waals surface area contributed by atoms with Crippen LogP contribution in [0.1, 0.15) is 10.4 Å². The van der Waals surface area contributed by atoms with Crippen molar-refractivity contribution in [3.8, 4) is 5.75 Å². The Balaban J connectivity index is 1.93. The lowest BCUT2D eigenvalue weighted by molar-refractivity contribution is 0.102. The molecule has 0 fully saturated rings. The molecule has 0 aliphatic carbocycles.